The standard InChI is InChI=1S/C16H16F6O/c1-10(2)6-8-12(4)23-13(5)9-7-11(3)14(15(17,18)19)16(20,21)22/h14H,1-5H3. The van der Waals surface area contributed by atoms with Gasteiger partial charge < -0.3 is 4.74 Å². The van der Waals surface area contributed by atoms with E-state index in [1.807, 2.05) is 5.73 Å². The molecule has 23 heavy (non-hydrogen) atoms. The average molecular weight is 338 g/mol. The third kappa shape index (κ3) is 8.25. The molecule has 1 nitrogen and oxygen atoms in total. The number of halogens is 6. The molecule has 0 fully saturated rings. The zero-order chi connectivity index (χ0) is 18.4. The van der Waals surface area contributed by atoms with E-state index in [-0.39, 0.29) is 11.5 Å². The molecule has 0 spiro atoms. The normalized spacial score (nSPS) is 11.0. The summed E-state index contributed by atoms with van der Waals surface area (Å²) < 4.78 is 80.1. The van der Waals surface area contributed by atoms with Crippen molar-refractivity contribution in [1.29, 1.82) is 0 Å². The van der Waals surface area contributed by atoms with Crippen molar-refractivity contribution in [2.75, 3.05) is 0 Å². The second-order valence-corrected chi connectivity index (χ2v) is 4.91. The minimum Gasteiger partial charge on any atom is -0.449 e. The van der Waals surface area contributed by atoms with Crippen LogP contribution in [0.3, 0.4) is 0 Å². The minimum absolute atomic E-state index is 0.0481. The van der Waals surface area contributed by atoms with Crippen LogP contribution >= 0.6 is 0 Å². The first-order chi connectivity index (χ1) is 10.2. The topological polar surface area (TPSA) is 9.23 Å². The van der Waals surface area contributed by atoms with Crippen LogP contribution in [0.4, 0.5) is 26.3 Å². The predicted octanol–water partition coefficient (Wildman–Crippen LogP) is 5.97. The van der Waals surface area contributed by atoms with Crippen molar-refractivity contribution in [3.63, 3.8) is 0 Å². The largest absolute Gasteiger partial charge is 0.449 e. The Balaban J connectivity index is 5.78. The smallest absolute Gasteiger partial charge is 0.404 e. The molecule has 0 saturated carbocycles. The van der Waals surface area contributed by atoms with E-state index >= 15 is 0 Å². The zero-order valence-electron chi connectivity index (χ0n) is 13.3. The molecule has 0 aliphatic heterocycles. The van der Waals surface area contributed by atoms with Gasteiger partial charge in [0, 0.05) is 13.8 Å². The molecular formula is C16H16F6O. The van der Waals surface area contributed by atoms with Crippen LogP contribution in [-0.4, -0.2) is 12.4 Å². The quantitative estimate of drug-likeness (QED) is 0.350. The van der Waals surface area contributed by atoms with Crippen LogP contribution in [0, 0.1) is 5.92 Å². The molecule has 0 unspecified atom stereocenters. The Kier molecular flexibility index (Phi) is 7.30. The van der Waals surface area contributed by atoms with E-state index in [2.05, 4.69) is 17.2 Å². The molecule has 128 valence electrons. The van der Waals surface area contributed by atoms with Crippen LogP contribution in [0.5, 0.6) is 0 Å². The number of allylic oxidation sites excluding steroid dienone is 4. The molecule has 0 amide bonds. The van der Waals surface area contributed by atoms with Crippen LogP contribution in [0.15, 0.2) is 45.6 Å². The molecule has 0 aromatic carbocycles. The molecule has 0 heterocycles. The van der Waals surface area contributed by atoms with Crippen molar-refractivity contribution in [3.8, 4) is 0 Å². The summed E-state index contributed by atoms with van der Waals surface area (Å²) in [4.78, 5) is 0. The summed E-state index contributed by atoms with van der Waals surface area (Å²) in [6, 6.07) is 0. The summed E-state index contributed by atoms with van der Waals surface area (Å²) in [5.74, 6) is -3.40. The van der Waals surface area contributed by atoms with Crippen LogP contribution in [0.1, 0.15) is 34.6 Å². The summed E-state index contributed by atoms with van der Waals surface area (Å²) in [5, 5.41) is 0. The first kappa shape index (κ1) is 21.0. The van der Waals surface area contributed by atoms with E-state index in [4.69, 9.17) is 4.74 Å². The van der Waals surface area contributed by atoms with Gasteiger partial charge in [0.25, 0.3) is 0 Å². The summed E-state index contributed by atoms with van der Waals surface area (Å²) in [6.45, 7) is 7.06. The predicted molar refractivity (Wildman–Crippen MR) is 73.2 cm³/mol. The summed E-state index contributed by atoms with van der Waals surface area (Å²) in [7, 11) is 0. The lowest BCUT2D eigenvalue weighted by molar-refractivity contribution is -0.271. The Morgan fingerprint density at radius 2 is 1.09 bits per heavy atom. The van der Waals surface area contributed by atoms with Gasteiger partial charge in [-0.05, 0) is 43.4 Å². The van der Waals surface area contributed by atoms with E-state index in [1.165, 1.54) is 13.8 Å². The van der Waals surface area contributed by atoms with Gasteiger partial charge in [0.05, 0.1) is 0 Å². The Bertz CT molecular complexity index is 619. The highest BCUT2D eigenvalue weighted by Gasteiger charge is 2.57. The van der Waals surface area contributed by atoms with E-state index in [0.29, 0.717) is 6.92 Å². The third-order valence-corrected chi connectivity index (χ3v) is 2.32. The average Bonchev–Trinajstić information content (AvgIpc) is 2.30. The van der Waals surface area contributed by atoms with Crippen molar-refractivity contribution in [1.82, 2.24) is 0 Å². The molecular weight excluding hydrogens is 322 g/mol. The van der Waals surface area contributed by atoms with Crippen molar-refractivity contribution >= 4 is 0 Å². The van der Waals surface area contributed by atoms with Crippen LogP contribution in [-0.2, 0) is 4.74 Å². The van der Waals surface area contributed by atoms with Crippen LogP contribution < -0.4 is 0 Å². The lowest BCUT2D eigenvalue weighted by Crippen LogP contribution is -2.37. The number of alkyl halides is 6. The first-order valence-electron chi connectivity index (χ1n) is 6.41. The monoisotopic (exact) mass is 338 g/mol. The van der Waals surface area contributed by atoms with E-state index in [0.717, 1.165) is 5.57 Å². The number of hydrogen-bond donors (Lipinski definition) is 0. The van der Waals surface area contributed by atoms with Gasteiger partial charge in [-0.3, -0.25) is 0 Å². The summed E-state index contributed by atoms with van der Waals surface area (Å²) in [6.07, 6.45) is -10.9. The molecule has 0 aromatic rings. The Hall–Kier alpha value is -2.02. The highest BCUT2D eigenvalue weighted by molar-refractivity contribution is 5.10. The maximum Gasteiger partial charge on any atom is 0.404 e. The highest BCUT2D eigenvalue weighted by atomic mass is 19.4. The number of ether oxygens (including phenoxy) is 1. The Labute approximate surface area is 130 Å². The third-order valence-electron chi connectivity index (χ3n) is 2.32. The molecule has 0 bridgehead atoms. The van der Waals surface area contributed by atoms with E-state index < -0.39 is 23.8 Å². The Morgan fingerprint density at radius 1 is 0.696 bits per heavy atom. The fourth-order valence-corrected chi connectivity index (χ4v) is 1.43. The van der Waals surface area contributed by atoms with Gasteiger partial charge in [0.15, 0.2) is 17.4 Å². The van der Waals surface area contributed by atoms with Gasteiger partial charge in [-0.25, -0.2) is 0 Å². The van der Waals surface area contributed by atoms with Crippen LogP contribution in [0.25, 0.3) is 0 Å². The van der Waals surface area contributed by atoms with Gasteiger partial charge in [-0.15, -0.1) is 0 Å². The fraction of sp³-hybridized carbons (Fsp3) is 0.500. The molecule has 7 heteroatoms. The summed E-state index contributed by atoms with van der Waals surface area (Å²) in [5.41, 5.74) is 9.11. The molecule has 0 atom stereocenters. The second-order valence-electron chi connectivity index (χ2n) is 4.91. The van der Waals surface area contributed by atoms with Gasteiger partial charge in [0.1, 0.15) is 0 Å². The van der Waals surface area contributed by atoms with Crippen molar-refractivity contribution in [2.45, 2.75) is 47.0 Å². The molecule has 0 N–H and O–H groups in total. The molecule has 0 aromatic heterocycles. The van der Waals surface area contributed by atoms with Crippen molar-refractivity contribution in [3.05, 3.63) is 45.6 Å². The molecule has 0 rings (SSSR count). The Morgan fingerprint density at radius 3 is 1.43 bits per heavy atom. The minimum atomic E-state index is -5.45. The number of rotatable bonds is 3. The number of hydrogen-bond acceptors (Lipinski definition) is 1. The van der Waals surface area contributed by atoms with E-state index in [9.17, 15) is 26.3 Å². The maximum absolute atomic E-state index is 12.5. The summed E-state index contributed by atoms with van der Waals surface area (Å²) >= 11 is 0. The first-order valence-corrected chi connectivity index (χ1v) is 6.41. The SMILES string of the molecule is CC(C)=C=C=C(C)OC(C)=C=C=C(C)C(C(F)(F)F)C(F)(F)F. The molecule has 0 saturated heterocycles. The molecule has 0 aliphatic rings. The fourth-order valence-electron chi connectivity index (χ4n) is 1.43. The van der Waals surface area contributed by atoms with Gasteiger partial charge in [-0.2, -0.15) is 26.3 Å². The molecule has 0 radical (unpaired) electrons. The molecule has 0 aliphatic carbocycles. The second kappa shape index (κ2) is 8.01. The zero-order valence-corrected chi connectivity index (χ0v) is 13.3. The highest BCUT2D eigenvalue weighted by Crippen LogP contribution is 2.43. The van der Waals surface area contributed by atoms with Crippen LogP contribution in [0.2, 0.25) is 0 Å². The van der Waals surface area contributed by atoms with E-state index in [1.54, 1.807) is 13.8 Å². The van der Waals surface area contributed by atoms with Gasteiger partial charge in [-0.1, -0.05) is 11.5 Å². The lowest BCUT2D eigenvalue weighted by atomic mass is 10.0. The van der Waals surface area contributed by atoms with Gasteiger partial charge >= 0.3 is 12.4 Å². The maximum atomic E-state index is 12.5. The van der Waals surface area contributed by atoms with Crippen molar-refractivity contribution < 1.29 is 31.1 Å². The van der Waals surface area contributed by atoms with Crippen molar-refractivity contribution in [2.24, 2.45) is 5.92 Å². The van der Waals surface area contributed by atoms with Gasteiger partial charge in [0.2, 0.25) is 0 Å². The lowest BCUT2D eigenvalue weighted by Gasteiger charge is -2.22.